The second kappa shape index (κ2) is 11.7. The van der Waals surface area contributed by atoms with E-state index in [9.17, 15) is 4.79 Å². The van der Waals surface area contributed by atoms with Crippen molar-refractivity contribution < 1.29 is 28.8 Å². The van der Waals surface area contributed by atoms with Gasteiger partial charge in [-0.3, -0.25) is 0 Å². The van der Waals surface area contributed by atoms with Crippen molar-refractivity contribution in [1.29, 1.82) is 0 Å². The van der Waals surface area contributed by atoms with Crippen LogP contribution in [0.1, 0.15) is 6.92 Å². The summed E-state index contributed by atoms with van der Waals surface area (Å²) in [5.41, 5.74) is 0.370. The van der Waals surface area contributed by atoms with E-state index in [1.165, 1.54) is 6.26 Å². The predicted octanol–water partition coefficient (Wildman–Crippen LogP) is 1.54. The van der Waals surface area contributed by atoms with Gasteiger partial charge in [-0.2, -0.15) is 0 Å². The monoisotopic (exact) mass is 310 g/mol. The van der Waals surface area contributed by atoms with Crippen molar-refractivity contribution in [3.05, 3.63) is 42.2 Å². The minimum absolute atomic E-state index is 0.00621. The number of carbonyl (C=O) groups excluding carboxylic acids is 1. The number of rotatable bonds is 11. The van der Waals surface area contributed by atoms with Gasteiger partial charge in [0.25, 0.3) is 0 Å². The summed E-state index contributed by atoms with van der Waals surface area (Å²) >= 11 is 0. The van der Waals surface area contributed by atoms with Crippen LogP contribution in [-0.2, 0) is 19.0 Å². The molecule has 0 atom stereocenters. The highest BCUT2D eigenvalue weighted by molar-refractivity contribution is 5.89. The highest BCUT2D eigenvalue weighted by Crippen LogP contribution is 2.10. The maximum absolute atomic E-state index is 11.7. The first-order valence-corrected chi connectivity index (χ1v) is 7.06. The summed E-state index contributed by atoms with van der Waals surface area (Å²) in [6.07, 6.45) is 1.36. The summed E-state index contributed by atoms with van der Waals surface area (Å²) in [5, 5.41) is 8.50. The second-order valence-corrected chi connectivity index (χ2v) is 4.32. The van der Waals surface area contributed by atoms with Gasteiger partial charge in [0.2, 0.25) is 0 Å². The molecule has 6 heteroatoms. The van der Waals surface area contributed by atoms with E-state index in [0.29, 0.717) is 44.4 Å². The van der Waals surface area contributed by atoms with Crippen molar-refractivity contribution in [3.8, 4) is 5.75 Å². The lowest BCUT2D eigenvalue weighted by Gasteiger charge is -2.06. The maximum atomic E-state index is 11.7. The molecule has 0 aliphatic carbocycles. The lowest BCUT2D eigenvalue weighted by Crippen LogP contribution is -2.11. The zero-order valence-electron chi connectivity index (χ0n) is 12.7. The van der Waals surface area contributed by atoms with Crippen molar-refractivity contribution >= 4 is 5.97 Å². The molecule has 1 rings (SSSR count). The van der Waals surface area contributed by atoms with Gasteiger partial charge in [-0.1, -0.05) is 18.2 Å². The van der Waals surface area contributed by atoms with Gasteiger partial charge in [-0.15, -0.1) is 0 Å². The first-order valence-electron chi connectivity index (χ1n) is 7.06. The van der Waals surface area contributed by atoms with Crippen LogP contribution in [0.4, 0.5) is 0 Å². The Morgan fingerprint density at radius 1 is 1.05 bits per heavy atom. The summed E-state index contributed by atoms with van der Waals surface area (Å²) < 4.78 is 20.6. The van der Waals surface area contributed by atoms with E-state index >= 15 is 0 Å². The normalized spacial score (nSPS) is 11.3. The Morgan fingerprint density at radius 3 is 2.36 bits per heavy atom. The Bertz CT molecular complexity index is 443. The third-order valence-electron chi connectivity index (χ3n) is 2.49. The van der Waals surface area contributed by atoms with Gasteiger partial charge >= 0.3 is 5.97 Å². The predicted molar refractivity (Wildman–Crippen MR) is 80.5 cm³/mol. The number of aliphatic hydroxyl groups is 1. The summed E-state index contributed by atoms with van der Waals surface area (Å²) in [6.45, 7) is 3.52. The third-order valence-corrected chi connectivity index (χ3v) is 2.49. The summed E-state index contributed by atoms with van der Waals surface area (Å²) in [6, 6.07) is 8.84. The number of hydrogen-bond acceptors (Lipinski definition) is 6. The van der Waals surface area contributed by atoms with Crippen LogP contribution < -0.4 is 4.74 Å². The molecule has 0 aliphatic rings. The molecular weight excluding hydrogens is 288 g/mol. The Balaban J connectivity index is 2.11. The zero-order chi connectivity index (χ0) is 16.0. The molecule has 0 aliphatic heterocycles. The lowest BCUT2D eigenvalue weighted by atomic mass is 10.3. The summed E-state index contributed by atoms with van der Waals surface area (Å²) in [4.78, 5) is 11.7. The van der Waals surface area contributed by atoms with Crippen LogP contribution in [0.15, 0.2) is 42.2 Å². The zero-order valence-corrected chi connectivity index (χ0v) is 12.7. The highest BCUT2D eigenvalue weighted by atomic mass is 16.5. The maximum Gasteiger partial charge on any atom is 0.342 e. The number of aliphatic hydroxyl groups excluding tert-OH is 1. The number of carbonyl (C=O) groups is 1. The van der Waals surface area contributed by atoms with Crippen molar-refractivity contribution in [3.63, 3.8) is 0 Å². The van der Waals surface area contributed by atoms with Crippen molar-refractivity contribution in [1.82, 2.24) is 0 Å². The number of benzene rings is 1. The fourth-order valence-electron chi connectivity index (χ4n) is 1.40. The number of hydrogen-bond donors (Lipinski definition) is 1. The smallest absolute Gasteiger partial charge is 0.342 e. The fourth-order valence-corrected chi connectivity index (χ4v) is 1.40. The van der Waals surface area contributed by atoms with Gasteiger partial charge in [-0.05, 0) is 19.1 Å². The quantitative estimate of drug-likeness (QED) is 0.220. The van der Waals surface area contributed by atoms with Crippen molar-refractivity contribution in [2.75, 3.05) is 39.6 Å². The molecule has 0 saturated heterocycles. The Hall–Kier alpha value is -1.89. The van der Waals surface area contributed by atoms with E-state index in [2.05, 4.69) is 0 Å². The van der Waals surface area contributed by atoms with E-state index in [0.717, 1.165) is 0 Å². The second-order valence-electron chi connectivity index (χ2n) is 4.32. The van der Waals surface area contributed by atoms with E-state index < -0.39 is 5.97 Å². The fraction of sp³-hybridized carbons (Fsp3) is 0.438. The number of ether oxygens (including phenoxy) is 4. The Labute approximate surface area is 130 Å². The molecule has 0 fully saturated rings. The molecule has 1 N–H and O–H groups in total. The molecule has 122 valence electrons. The molecule has 1 aromatic rings. The van der Waals surface area contributed by atoms with Crippen LogP contribution in [0.2, 0.25) is 0 Å². The van der Waals surface area contributed by atoms with Crippen molar-refractivity contribution in [2.45, 2.75) is 6.92 Å². The molecule has 0 aromatic heterocycles. The van der Waals surface area contributed by atoms with Crippen LogP contribution in [0.5, 0.6) is 5.75 Å². The van der Waals surface area contributed by atoms with Gasteiger partial charge in [-0.25, -0.2) is 4.79 Å². The van der Waals surface area contributed by atoms with Gasteiger partial charge < -0.3 is 24.1 Å². The molecule has 1 aromatic carbocycles. The summed E-state index contributed by atoms with van der Waals surface area (Å²) in [7, 11) is 0. The molecule has 0 heterocycles. The van der Waals surface area contributed by atoms with Gasteiger partial charge in [0, 0.05) is 0 Å². The van der Waals surface area contributed by atoms with Gasteiger partial charge in [0.05, 0.1) is 44.9 Å². The van der Waals surface area contributed by atoms with E-state index in [4.69, 9.17) is 24.1 Å². The van der Waals surface area contributed by atoms with E-state index in [1.807, 2.05) is 6.07 Å². The number of para-hydroxylation sites is 1. The van der Waals surface area contributed by atoms with Crippen molar-refractivity contribution in [2.24, 2.45) is 0 Å². The minimum atomic E-state index is -0.454. The van der Waals surface area contributed by atoms with Crippen LogP contribution in [0, 0.1) is 0 Å². The minimum Gasteiger partial charge on any atom is -0.498 e. The van der Waals surface area contributed by atoms with Crippen LogP contribution in [0.25, 0.3) is 0 Å². The molecule has 0 saturated carbocycles. The first-order chi connectivity index (χ1) is 10.7. The van der Waals surface area contributed by atoms with Crippen LogP contribution >= 0.6 is 0 Å². The lowest BCUT2D eigenvalue weighted by molar-refractivity contribution is -0.130. The highest BCUT2D eigenvalue weighted by Gasteiger charge is 2.07. The summed E-state index contributed by atoms with van der Waals surface area (Å²) in [5.74, 6) is 0.0379. The Morgan fingerprint density at radius 2 is 1.68 bits per heavy atom. The van der Waals surface area contributed by atoms with Crippen LogP contribution in [-0.4, -0.2) is 50.7 Å². The number of esters is 1. The SMILES string of the molecule is CC(=COCCOCCOCCO)C(=O)Oc1ccccc1. The third kappa shape index (κ3) is 8.41. The molecular formula is C16H22O6. The van der Waals surface area contributed by atoms with E-state index in [1.54, 1.807) is 31.2 Å². The largest absolute Gasteiger partial charge is 0.498 e. The molecule has 0 spiro atoms. The van der Waals surface area contributed by atoms with E-state index in [-0.39, 0.29) is 6.61 Å². The molecule has 0 amide bonds. The van der Waals surface area contributed by atoms with Gasteiger partial charge in [0.1, 0.15) is 12.4 Å². The first kappa shape index (κ1) is 18.2. The average Bonchev–Trinajstić information content (AvgIpc) is 2.54. The van der Waals surface area contributed by atoms with Gasteiger partial charge in [0.15, 0.2) is 0 Å². The molecule has 6 nitrogen and oxygen atoms in total. The topological polar surface area (TPSA) is 74.2 Å². The molecule has 0 unspecified atom stereocenters. The molecule has 0 bridgehead atoms. The van der Waals surface area contributed by atoms with Crippen LogP contribution in [0.3, 0.4) is 0 Å². The molecule has 22 heavy (non-hydrogen) atoms. The Kier molecular flexibility index (Phi) is 9.69. The average molecular weight is 310 g/mol. The molecule has 0 radical (unpaired) electrons. The standard InChI is InChI=1S/C16H22O6/c1-14(16(18)22-15-5-3-2-4-6-15)13-21-12-11-20-10-9-19-8-7-17/h2-6,13,17H,7-12H2,1H3.